The number of nitrogens with zero attached hydrogens (tertiary/aromatic N) is 1. The minimum Gasteiger partial charge on any atom is -0.378 e. The van der Waals surface area contributed by atoms with Gasteiger partial charge in [-0.25, -0.2) is 8.42 Å². The summed E-state index contributed by atoms with van der Waals surface area (Å²) in [6.07, 6.45) is 4.34. The van der Waals surface area contributed by atoms with Crippen LogP contribution >= 0.6 is 0 Å². The number of anilines is 2. The number of nitrogens with one attached hydrogen (secondary N) is 1. The number of sulfonamides is 1. The fourth-order valence-electron chi connectivity index (χ4n) is 2.07. The number of hydrogen-bond donors (Lipinski definition) is 1. The monoisotopic (exact) mass is 344 g/mol. The molecule has 0 aliphatic heterocycles. The lowest BCUT2D eigenvalue weighted by molar-refractivity contribution is 0.104. The topological polar surface area (TPSA) is 66.5 Å². The molecule has 6 heteroatoms. The summed E-state index contributed by atoms with van der Waals surface area (Å²) in [6.45, 7) is 0. The second kappa shape index (κ2) is 7.31. The van der Waals surface area contributed by atoms with Crippen LogP contribution in [-0.4, -0.2) is 34.6 Å². The molecule has 0 atom stereocenters. The van der Waals surface area contributed by atoms with E-state index in [1.165, 1.54) is 6.08 Å². The number of carbonyl (C=O) groups is 1. The van der Waals surface area contributed by atoms with E-state index in [1.807, 2.05) is 43.3 Å². The molecule has 2 rings (SSSR count). The van der Waals surface area contributed by atoms with Crippen molar-refractivity contribution in [3.8, 4) is 0 Å². The molecule has 2 aromatic carbocycles. The van der Waals surface area contributed by atoms with Gasteiger partial charge in [-0.05, 0) is 48.0 Å². The van der Waals surface area contributed by atoms with Crippen LogP contribution < -0.4 is 9.62 Å². The quantitative estimate of drug-likeness (QED) is 0.646. The Morgan fingerprint density at radius 1 is 1.00 bits per heavy atom. The van der Waals surface area contributed by atoms with E-state index in [0.29, 0.717) is 11.3 Å². The van der Waals surface area contributed by atoms with Crippen molar-refractivity contribution in [1.29, 1.82) is 0 Å². The van der Waals surface area contributed by atoms with Crippen LogP contribution in [0.1, 0.15) is 15.9 Å². The zero-order chi connectivity index (χ0) is 17.7. The van der Waals surface area contributed by atoms with Gasteiger partial charge in [0.2, 0.25) is 10.0 Å². The molecule has 5 nitrogen and oxygen atoms in total. The maximum Gasteiger partial charge on any atom is 0.229 e. The Hall–Kier alpha value is -2.60. The Balaban J connectivity index is 2.06. The average molecular weight is 344 g/mol. The molecule has 0 heterocycles. The van der Waals surface area contributed by atoms with E-state index >= 15 is 0 Å². The number of carbonyl (C=O) groups excluding carboxylic acids is 1. The molecule has 0 aliphatic carbocycles. The lowest BCUT2D eigenvalue weighted by Gasteiger charge is -2.11. The van der Waals surface area contributed by atoms with Crippen molar-refractivity contribution in [2.75, 3.05) is 30.0 Å². The molecule has 0 spiro atoms. The summed E-state index contributed by atoms with van der Waals surface area (Å²) in [4.78, 5) is 14.2. The highest BCUT2D eigenvalue weighted by atomic mass is 32.2. The van der Waals surface area contributed by atoms with Gasteiger partial charge in [0.15, 0.2) is 5.78 Å². The van der Waals surface area contributed by atoms with Gasteiger partial charge in [-0.3, -0.25) is 9.52 Å². The maximum absolute atomic E-state index is 12.2. The van der Waals surface area contributed by atoms with Gasteiger partial charge in [0.05, 0.1) is 6.26 Å². The van der Waals surface area contributed by atoms with Crippen molar-refractivity contribution >= 4 is 33.3 Å². The Kier molecular flexibility index (Phi) is 5.41. The van der Waals surface area contributed by atoms with Crippen LogP contribution in [0, 0.1) is 0 Å². The van der Waals surface area contributed by atoms with Crippen LogP contribution in [-0.2, 0) is 10.0 Å². The first-order valence-corrected chi connectivity index (χ1v) is 9.21. The first-order valence-electron chi connectivity index (χ1n) is 7.32. The van der Waals surface area contributed by atoms with Crippen molar-refractivity contribution in [2.45, 2.75) is 0 Å². The minimum absolute atomic E-state index is 0.141. The van der Waals surface area contributed by atoms with Gasteiger partial charge in [-0.1, -0.05) is 18.2 Å². The summed E-state index contributed by atoms with van der Waals surface area (Å²) >= 11 is 0. The standard InChI is InChI=1S/C18H20N2O3S/c1-20(2)17-11-4-14(5-12-17)6-13-18(21)15-7-9-16(10-8-15)19-24(3,22)23/h4-13,19H,1-3H3. The largest absolute Gasteiger partial charge is 0.378 e. The Labute approximate surface area is 142 Å². The van der Waals surface area contributed by atoms with E-state index in [-0.39, 0.29) is 5.78 Å². The van der Waals surface area contributed by atoms with Crippen molar-refractivity contribution in [3.05, 3.63) is 65.7 Å². The molecule has 126 valence electrons. The molecule has 0 amide bonds. The molecule has 0 aromatic heterocycles. The molecule has 0 saturated carbocycles. The molecule has 2 aromatic rings. The molecule has 0 aliphatic rings. The van der Waals surface area contributed by atoms with Crippen molar-refractivity contribution in [2.24, 2.45) is 0 Å². The molecule has 0 fully saturated rings. The first kappa shape index (κ1) is 17.7. The first-order chi connectivity index (χ1) is 11.2. The Bertz CT molecular complexity index is 837. The summed E-state index contributed by atoms with van der Waals surface area (Å²) in [5.74, 6) is -0.141. The highest BCUT2D eigenvalue weighted by molar-refractivity contribution is 7.92. The normalized spacial score (nSPS) is 11.5. The number of ketones is 1. The van der Waals surface area contributed by atoms with Gasteiger partial charge in [0.25, 0.3) is 0 Å². The van der Waals surface area contributed by atoms with Crippen molar-refractivity contribution in [3.63, 3.8) is 0 Å². The third-order valence-electron chi connectivity index (χ3n) is 3.31. The zero-order valence-electron chi connectivity index (χ0n) is 13.9. The SMILES string of the molecule is CN(C)c1ccc(C=CC(=O)c2ccc(NS(C)(=O)=O)cc2)cc1. The van der Waals surface area contributed by atoms with Crippen LogP contribution in [0.25, 0.3) is 6.08 Å². The van der Waals surface area contributed by atoms with Gasteiger partial charge >= 0.3 is 0 Å². The lowest BCUT2D eigenvalue weighted by atomic mass is 10.1. The summed E-state index contributed by atoms with van der Waals surface area (Å²) in [6, 6.07) is 14.2. The van der Waals surface area contributed by atoms with E-state index in [2.05, 4.69) is 4.72 Å². The van der Waals surface area contributed by atoms with Crippen molar-refractivity contribution < 1.29 is 13.2 Å². The van der Waals surface area contributed by atoms with Crippen molar-refractivity contribution in [1.82, 2.24) is 0 Å². The molecule has 1 N–H and O–H groups in total. The fraction of sp³-hybridized carbons (Fsp3) is 0.167. The molecule has 0 saturated heterocycles. The summed E-state index contributed by atoms with van der Waals surface area (Å²) in [5.41, 5.74) is 2.95. The van der Waals surface area contributed by atoms with Crippen LogP contribution in [0.4, 0.5) is 11.4 Å². The summed E-state index contributed by atoms with van der Waals surface area (Å²) < 4.78 is 24.7. The third-order valence-corrected chi connectivity index (χ3v) is 3.92. The van der Waals surface area contributed by atoms with Gasteiger partial charge < -0.3 is 4.90 Å². The lowest BCUT2D eigenvalue weighted by Crippen LogP contribution is -2.09. The van der Waals surface area contributed by atoms with E-state index in [9.17, 15) is 13.2 Å². The smallest absolute Gasteiger partial charge is 0.229 e. The number of hydrogen-bond acceptors (Lipinski definition) is 4. The Morgan fingerprint density at radius 2 is 1.58 bits per heavy atom. The van der Waals surface area contributed by atoms with Crippen LogP contribution in [0.15, 0.2) is 54.6 Å². The van der Waals surface area contributed by atoms with Gasteiger partial charge in [-0.15, -0.1) is 0 Å². The van der Waals surface area contributed by atoms with Gasteiger partial charge in [0, 0.05) is 31.0 Å². The van der Waals surface area contributed by atoms with Gasteiger partial charge in [-0.2, -0.15) is 0 Å². The third kappa shape index (κ3) is 5.24. The molecule has 0 bridgehead atoms. The number of allylic oxidation sites excluding steroid dienone is 1. The zero-order valence-corrected chi connectivity index (χ0v) is 14.7. The van der Waals surface area contributed by atoms with E-state index in [4.69, 9.17) is 0 Å². The molecule has 0 unspecified atom stereocenters. The predicted octanol–water partition coefficient (Wildman–Crippen LogP) is 3.02. The second-order valence-electron chi connectivity index (χ2n) is 5.64. The minimum atomic E-state index is -3.32. The van der Waals surface area contributed by atoms with Gasteiger partial charge in [0.1, 0.15) is 0 Å². The molecular formula is C18H20N2O3S. The predicted molar refractivity (Wildman–Crippen MR) is 99.0 cm³/mol. The average Bonchev–Trinajstić information content (AvgIpc) is 2.52. The second-order valence-corrected chi connectivity index (χ2v) is 7.38. The summed E-state index contributed by atoms with van der Waals surface area (Å²) in [7, 11) is 0.619. The number of benzene rings is 2. The van der Waals surface area contributed by atoms with E-state index in [1.54, 1.807) is 30.3 Å². The molecular weight excluding hydrogens is 324 g/mol. The Morgan fingerprint density at radius 3 is 2.08 bits per heavy atom. The maximum atomic E-state index is 12.2. The molecule has 0 radical (unpaired) electrons. The van der Waals surface area contributed by atoms with Crippen LogP contribution in [0.2, 0.25) is 0 Å². The van der Waals surface area contributed by atoms with E-state index < -0.39 is 10.0 Å². The fourth-order valence-corrected chi connectivity index (χ4v) is 2.63. The van der Waals surface area contributed by atoms with E-state index in [0.717, 1.165) is 17.5 Å². The highest BCUT2D eigenvalue weighted by Gasteiger charge is 2.04. The summed E-state index contributed by atoms with van der Waals surface area (Å²) in [5, 5.41) is 0. The van der Waals surface area contributed by atoms with Crippen LogP contribution in [0.3, 0.4) is 0 Å². The molecule has 24 heavy (non-hydrogen) atoms. The highest BCUT2D eigenvalue weighted by Crippen LogP contribution is 2.15. The number of rotatable bonds is 6. The van der Waals surface area contributed by atoms with Crippen LogP contribution in [0.5, 0.6) is 0 Å².